The molecule has 0 spiro atoms. The number of hydrogen-bond acceptors (Lipinski definition) is 3. The minimum atomic E-state index is -3.56. The van der Waals surface area contributed by atoms with Gasteiger partial charge >= 0.3 is 0 Å². The van der Waals surface area contributed by atoms with Crippen molar-refractivity contribution in [1.29, 1.82) is 0 Å². The fourth-order valence-electron chi connectivity index (χ4n) is 2.35. The molecule has 19 heavy (non-hydrogen) atoms. The van der Waals surface area contributed by atoms with Gasteiger partial charge in [0.25, 0.3) is 0 Å². The Morgan fingerprint density at radius 2 is 2.16 bits per heavy atom. The van der Waals surface area contributed by atoms with Crippen molar-refractivity contribution in [2.75, 3.05) is 6.54 Å². The van der Waals surface area contributed by atoms with E-state index in [9.17, 15) is 8.42 Å². The summed E-state index contributed by atoms with van der Waals surface area (Å²) in [5.74, 6) is 0. The molecule has 1 aromatic rings. The molecule has 0 amide bonds. The third kappa shape index (κ3) is 3.13. The molecule has 1 heterocycles. The molecule has 7 heteroatoms. The van der Waals surface area contributed by atoms with E-state index in [1.54, 1.807) is 12.1 Å². The van der Waals surface area contributed by atoms with Crippen molar-refractivity contribution in [3.05, 3.63) is 27.7 Å². The average molecular weight is 368 g/mol. The van der Waals surface area contributed by atoms with Crippen LogP contribution in [-0.4, -0.2) is 31.4 Å². The summed E-state index contributed by atoms with van der Waals surface area (Å²) in [4.78, 5) is 0.152. The molecule has 2 N–H and O–H groups in total. The van der Waals surface area contributed by atoms with Crippen LogP contribution in [0.5, 0.6) is 0 Å². The minimum Gasteiger partial charge on any atom is -0.328 e. The van der Waals surface area contributed by atoms with Crippen molar-refractivity contribution in [2.45, 2.75) is 36.7 Å². The van der Waals surface area contributed by atoms with Gasteiger partial charge < -0.3 is 5.73 Å². The predicted octanol–water partition coefficient (Wildman–Crippen LogP) is 2.60. The van der Waals surface area contributed by atoms with Crippen molar-refractivity contribution in [1.82, 2.24) is 4.31 Å². The van der Waals surface area contributed by atoms with Crippen LogP contribution >= 0.6 is 27.5 Å². The molecule has 0 bridgehead atoms. The summed E-state index contributed by atoms with van der Waals surface area (Å²) in [5.41, 5.74) is 5.87. The average Bonchev–Trinajstić information content (AvgIpc) is 2.27. The quantitative estimate of drug-likeness (QED) is 0.874. The van der Waals surface area contributed by atoms with Crippen LogP contribution in [0.1, 0.15) is 19.8 Å². The van der Waals surface area contributed by atoms with Crippen molar-refractivity contribution in [2.24, 2.45) is 5.73 Å². The van der Waals surface area contributed by atoms with Gasteiger partial charge in [0.05, 0.1) is 5.02 Å². The molecule has 2 atom stereocenters. The molecule has 1 fully saturated rings. The number of hydrogen-bond donors (Lipinski definition) is 1. The predicted molar refractivity (Wildman–Crippen MR) is 79.7 cm³/mol. The molecule has 1 saturated heterocycles. The maximum atomic E-state index is 12.6. The standard InChI is InChI=1S/C12H16BrClN2O2S/c1-8-6-10(15)4-5-16(8)19(17,18)12-3-2-9(13)7-11(12)14/h2-3,7-8,10H,4-6,15H2,1H3/t8-,10-/m1/s1. The monoisotopic (exact) mass is 366 g/mol. The van der Waals surface area contributed by atoms with Crippen LogP contribution in [0.25, 0.3) is 0 Å². The Morgan fingerprint density at radius 1 is 1.47 bits per heavy atom. The Hall–Kier alpha value is -0.140. The zero-order valence-electron chi connectivity index (χ0n) is 10.5. The highest BCUT2D eigenvalue weighted by atomic mass is 79.9. The van der Waals surface area contributed by atoms with E-state index in [0.717, 1.165) is 4.47 Å². The number of nitrogens with two attached hydrogens (primary N) is 1. The van der Waals surface area contributed by atoms with Crippen molar-refractivity contribution in [3.8, 4) is 0 Å². The zero-order valence-corrected chi connectivity index (χ0v) is 13.7. The van der Waals surface area contributed by atoms with Crippen LogP contribution < -0.4 is 5.73 Å². The third-order valence-corrected chi connectivity index (χ3v) is 6.33. The third-order valence-electron chi connectivity index (χ3n) is 3.34. The SMILES string of the molecule is C[C@@H]1C[C@H](N)CCN1S(=O)(=O)c1ccc(Br)cc1Cl. The summed E-state index contributed by atoms with van der Waals surface area (Å²) >= 11 is 9.32. The van der Waals surface area contributed by atoms with Gasteiger partial charge in [-0.1, -0.05) is 27.5 Å². The van der Waals surface area contributed by atoms with Crippen LogP contribution in [-0.2, 0) is 10.0 Å². The highest BCUT2D eigenvalue weighted by Gasteiger charge is 2.34. The molecule has 1 aliphatic heterocycles. The van der Waals surface area contributed by atoms with Crippen molar-refractivity contribution in [3.63, 3.8) is 0 Å². The minimum absolute atomic E-state index is 0.0711. The van der Waals surface area contributed by atoms with E-state index in [2.05, 4.69) is 15.9 Å². The largest absolute Gasteiger partial charge is 0.328 e. The molecule has 0 saturated carbocycles. The van der Waals surface area contributed by atoms with E-state index >= 15 is 0 Å². The van der Waals surface area contributed by atoms with Crippen molar-refractivity contribution < 1.29 is 8.42 Å². The first kappa shape index (κ1) is 15.3. The Morgan fingerprint density at radius 3 is 2.74 bits per heavy atom. The molecule has 0 aromatic heterocycles. The van der Waals surface area contributed by atoms with Gasteiger partial charge in [0.2, 0.25) is 10.0 Å². The topological polar surface area (TPSA) is 63.4 Å². The lowest BCUT2D eigenvalue weighted by molar-refractivity contribution is 0.247. The number of nitrogens with zero attached hydrogens (tertiary/aromatic N) is 1. The first-order valence-electron chi connectivity index (χ1n) is 6.05. The van der Waals surface area contributed by atoms with Gasteiger partial charge in [-0.2, -0.15) is 4.31 Å². The lowest BCUT2D eigenvalue weighted by Gasteiger charge is -2.35. The smallest absolute Gasteiger partial charge is 0.244 e. The second kappa shape index (κ2) is 5.69. The number of rotatable bonds is 2. The van der Waals surface area contributed by atoms with Gasteiger partial charge in [0.1, 0.15) is 4.90 Å². The van der Waals surface area contributed by atoms with Gasteiger partial charge in [-0.3, -0.25) is 0 Å². The van der Waals surface area contributed by atoms with Crippen LogP contribution in [0.4, 0.5) is 0 Å². The lowest BCUT2D eigenvalue weighted by atomic mass is 10.0. The number of halogens is 2. The molecule has 0 unspecified atom stereocenters. The van der Waals surface area contributed by atoms with Crippen LogP contribution in [0, 0.1) is 0 Å². The summed E-state index contributed by atoms with van der Waals surface area (Å²) < 4.78 is 27.5. The molecule has 106 valence electrons. The van der Waals surface area contributed by atoms with Gasteiger partial charge in [-0.15, -0.1) is 0 Å². The fraction of sp³-hybridized carbons (Fsp3) is 0.500. The molecule has 2 rings (SSSR count). The summed E-state index contributed by atoms with van der Waals surface area (Å²) in [5, 5.41) is 0.233. The number of piperidine rings is 1. The van der Waals surface area contributed by atoms with Crippen LogP contribution in [0.15, 0.2) is 27.6 Å². The molecular weight excluding hydrogens is 352 g/mol. The fourth-order valence-corrected chi connectivity index (χ4v) is 5.02. The highest BCUT2D eigenvalue weighted by molar-refractivity contribution is 9.10. The molecule has 0 radical (unpaired) electrons. The second-order valence-corrected chi connectivity index (χ2v) is 8.01. The van der Waals surface area contributed by atoms with E-state index < -0.39 is 10.0 Å². The molecule has 4 nitrogen and oxygen atoms in total. The van der Waals surface area contributed by atoms with Crippen LogP contribution in [0.2, 0.25) is 5.02 Å². The molecule has 1 aromatic carbocycles. The Bertz CT molecular complexity index is 579. The van der Waals surface area contributed by atoms with Gasteiger partial charge in [-0.05, 0) is 38.0 Å². The van der Waals surface area contributed by atoms with E-state index in [0.29, 0.717) is 19.4 Å². The van der Waals surface area contributed by atoms with E-state index in [4.69, 9.17) is 17.3 Å². The highest BCUT2D eigenvalue weighted by Crippen LogP contribution is 2.30. The Kier molecular flexibility index (Phi) is 4.57. The van der Waals surface area contributed by atoms with Crippen molar-refractivity contribution >= 4 is 37.6 Å². The second-order valence-electron chi connectivity index (χ2n) is 4.82. The van der Waals surface area contributed by atoms with Crippen LogP contribution in [0.3, 0.4) is 0 Å². The maximum Gasteiger partial charge on any atom is 0.244 e. The number of sulfonamides is 1. The van der Waals surface area contributed by atoms with Gasteiger partial charge in [0, 0.05) is 23.1 Å². The molecule has 0 aliphatic carbocycles. The van der Waals surface area contributed by atoms with E-state index in [1.165, 1.54) is 10.4 Å². The maximum absolute atomic E-state index is 12.6. The number of benzene rings is 1. The normalized spacial score (nSPS) is 25.5. The van der Waals surface area contributed by atoms with E-state index in [1.807, 2.05) is 6.92 Å². The molecule has 1 aliphatic rings. The molecular formula is C12H16BrClN2O2S. The first-order chi connectivity index (χ1) is 8.82. The summed E-state index contributed by atoms with van der Waals surface area (Å²) in [6.07, 6.45) is 1.35. The van der Waals surface area contributed by atoms with Gasteiger partial charge in [-0.25, -0.2) is 8.42 Å². The first-order valence-corrected chi connectivity index (χ1v) is 8.66. The summed E-state index contributed by atoms with van der Waals surface area (Å²) in [6, 6.07) is 4.77. The Labute approximate surface area is 127 Å². The Balaban J connectivity index is 2.37. The van der Waals surface area contributed by atoms with E-state index in [-0.39, 0.29) is 22.0 Å². The van der Waals surface area contributed by atoms with Gasteiger partial charge in [0.15, 0.2) is 0 Å². The summed E-state index contributed by atoms with van der Waals surface area (Å²) in [7, 11) is -3.56. The summed E-state index contributed by atoms with van der Waals surface area (Å²) in [6.45, 7) is 2.32. The zero-order chi connectivity index (χ0) is 14.2. The lowest BCUT2D eigenvalue weighted by Crippen LogP contribution is -2.48.